The first-order valence-corrected chi connectivity index (χ1v) is 6.21. The van der Waals surface area contributed by atoms with Crippen molar-refractivity contribution < 1.29 is 0 Å². The minimum atomic E-state index is 0.805. The minimum Gasteiger partial charge on any atom is -0.356 e. The summed E-state index contributed by atoms with van der Waals surface area (Å²) in [5.74, 6) is 1.94. The maximum atomic E-state index is 4.69. The normalized spacial score (nSPS) is 20.4. The van der Waals surface area contributed by atoms with Gasteiger partial charge in [0.05, 0.1) is 5.69 Å². The Balaban J connectivity index is 2.04. The third kappa shape index (κ3) is 2.73. The molecule has 0 aliphatic carbocycles. The Morgan fingerprint density at radius 3 is 3.06 bits per heavy atom. The van der Waals surface area contributed by atoms with Gasteiger partial charge in [-0.05, 0) is 31.0 Å². The van der Waals surface area contributed by atoms with Crippen LogP contribution in [0.25, 0.3) is 0 Å². The molecule has 1 aliphatic heterocycles. The number of aromatic nitrogens is 1. The van der Waals surface area contributed by atoms with E-state index in [4.69, 9.17) is 4.98 Å². The summed E-state index contributed by atoms with van der Waals surface area (Å²) in [5, 5.41) is 3.31. The van der Waals surface area contributed by atoms with Crippen molar-refractivity contribution in [3.63, 3.8) is 0 Å². The lowest BCUT2D eigenvalue weighted by molar-refractivity contribution is 0.658. The second kappa shape index (κ2) is 5.30. The van der Waals surface area contributed by atoms with Gasteiger partial charge >= 0.3 is 0 Å². The van der Waals surface area contributed by atoms with Gasteiger partial charge in [0.25, 0.3) is 0 Å². The average molecular weight is 219 g/mol. The lowest BCUT2D eigenvalue weighted by Gasteiger charge is -2.17. The van der Waals surface area contributed by atoms with Gasteiger partial charge in [0, 0.05) is 19.6 Å². The first kappa shape index (κ1) is 11.4. The largest absolute Gasteiger partial charge is 0.356 e. The van der Waals surface area contributed by atoms with Crippen molar-refractivity contribution in [2.45, 2.75) is 26.8 Å². The van der Waals surface area contributed by atoms with Crippen LogP contribution in [0.2, 0.25) is 0 Å². The molecule has 16 heavy (non-hydrogen) atoms. The van der Waals surface area contributed by atoms with Crippen LogP contribution in [-0.4, -0.2) is 24.6 Å². The van der Waals surface area contributed by atoms with E-state index in [1.165, 1.54) is 6.42 Å². The Bertz CT molecular complexity index is 338. The van der Waals surface area contributed by atoms with E-state index >= 15 is 0 Å². The topological polar surface area (TPSA) is 28.2 Å². The highest BCUT2D eigenvalue weighted by atomic mass is 15.2. The van der Waals surface area contributed by atoms with E-state index in [2.05, 4.69) is 42.3 Å². The molecule has 0 aromatic carbocycles. The molecule has 1 atom stereocenters. The van der Waals surface area contributed by atoms with E-state index in [1.807, 2.05) is 0 Å². The van der Waals surface area contributed by atoms with Crippen molar-refractivity contribution in [1.82, 2.24) is 10.3 Å². The predicted octanol–water partition coefficient (Wildman–Crippen LogP) is 2.04. The molecule has 1 saturated heterocycles. The molecular weight excluding hydrogens is 198 g/mol. The van der Waals surface area contributed by atoms with E-state index < -0.39 is 0 Å². The van der Waals surface area contributed by atoms with Crippen LogP contribution >= 0.6 is 0 Å². The molecule has 1 N–H and O–H groups in total. The van der Waals surface area contributed by atoms with Crippen LogP contribution in [0.4, 0.5) is 5.82 Å². The van der Waals surface area contributed by atoms with E-state index in [-0.39, 0.29) is 0 Å². The molecule has 1 unspecified atom stereocenters. The van der Waals surface area contributed by atoms with Crippen molar-refractivity contribution in [2.24, 2.45) is 5.92 Å². The number of hydrogen-bond donors (Lipinski definition) is 1. The number of nitrogens with zero attached hydrogens (tertiary/aromatic N) is 2. The molecular formula is C13H21N3. The molecule has 1 aliphatic rings. The number of hydrogen-bond acceptors (Lipinski definition) is 3. The summed E-state index contributed by atoms with van der Waals surface area (Å²) in [6.07, 6.45) is 1.29. The van der Waals surface area contributed by atoms with E-state index in [0.29, 0.717) is 0 Å². The number of rotatable bonds is 4. The number of pyridine rings is 1. The van der Waals surface area contributed by atoms with Crippen molar-refractivity contribution >= 4 is 5.82 Å². The van der Waals surface area contributed by atoms with Gasteiger partial charge in [-0.25, -0.2) is 4.98 Å². The first-order chi connectivity index (χ1) is 7.79. The Kier molecular flexibility index (Phi) is 3.78. The van der Waals surface area contributed by atoms with Gasteiger partial charge in [0.1, 0.15) is 5.82 Å². The van der Waals surface area contributed by atoms with Crippen LogP contribution in [-0.2, 0) is 6.54 Å². The Labute approximate surface area is 97.9 Å². The van der Waals surface area contributed by atoms with Crippen molar-refractivity contribution in [1.29, 1.82) is 0 Å². The average Bonchev–Trinajstić information content (AvgIpc) is 2.74. The molecule has 0 spiro atoms. The highest BCUT2D eigenvalue weighted by Gasteiger charge is 2.19. The van der Waals surface area contributed by atoms with Crippen molar-refractivity contribution in [3.8, 4) is 0 Å². The quantitative estimate of drug-likeness (QED) is 0.840. The SMILES string of the molecule is CCNCc1cccc(N2CCC(C)C2)n1. The molecule has 1 aromatic rings. The first-order valence-electron chi connectivity index (χ1n) is 6.21. The summed E-state index contributed by atoms with van der Waals surface area (Å²) in [6.45, 7) is 8.59. The summed E-state index contributed by atoms with van der Waals surface area (Å²) >= 11 is 0. The van der Waals surface area contributed by atoms with Gasteiger partial charge in [-0.2, -0.15) is 0 Å². The van der Waals surface area contributed by atoms with Crippen LogP contribution in [0.15, 0.2) is 18.2 Å². The van der Waals surface area contributed by atoms with Gasteiger partial charge < -0.3 is 10.2 Å². The van der Waals surface area contributed by atoms with E-state index in [9.17, 15) is 0 Å². The maximum Gasteiger partial charge on any atom is 0.128 e. The Hall–Kier alpha value is -1.09. The lowest BCUT2D eigenvalue weighted by atomic mass is 10.2. The molecule has 88 valence electrons. The van der Waals surface area contributed by atoms with Crippen LogP contribution in [0.5, 0.6) is 0 Å². The molecule has 0 bridgehead atoms. The van der Waals surface area contributed by atoms with Gasteiger partial charge in [-0.3, -0.25) is 0 Å². The summed E-state index contributed by atoms with van der Waals surface area (Å²) in [7, 11) is 0. The smallest absolute Gasteiger partial charge is 0.128 e. The monoisotopic (exact) mass is 219 g/mol. The Morgan fingerprint density at radius 2 is 2.38 bits per heavy atom. The zero-order valence-electron chi connectivity index (χ0n) is 10.2. The van der Waals surface area contributed by atoms with Crippen molar-refractivity contribution in [3.05, 3.63) is 23.9 Å². The molecule has 0 radical (unpaired) electrons. The molecule has 0 amide bonds. The fourth-order valence-electron chi connectivity index (χ4n) is 2.14. The number of anilines is 1. The molecule has 2 heterocycles. The minimum absolute atomic E-state index is 0.805. The Morgan fingerprint density at radius 1 is 1.50 bits per heavy atom. The lowest BCUT2D eigenvalue weighted by Crippen LogP contribution is -2.21. The highest BCUT2D eigenvalue weighted by Crippen LogP contribution is 2.21. The standard InChI is InChI=1S/C13H21N3/c1-3-14-9-12-5-4-6-13(15-12)16-8-7-11(2)10-16/h4-6,11,14H,3,7-10H2,1-2H3. The number of nitrogens with one attached hydrogen (secondary N) is 1. The van der Waals surface area contributed by atoms with Crippen LogP contribution < -0.4 is 10.2 Å². The van der Waals surface area contributed by atoms with Gasteiger partial charge in [-0.1, -0.05) is 19.9 Å². The third-order valence-electron chi connectivity index (χ3n) is 3.10. The summed E-state index contributed by atoms with van der Waals surface area (Å²) in [6, 6.07) is 6.32. The zero-order valence-corrected chi connectivity index (χ0v) is 10.2. The van der Waals surface area contributed by atoms with E-state index in [1.54, 1.807) is 0 Å². The second-order valence-corrected chi connectivity index (χ2v) is 4.61. The zero-order chi connectivity index (χ0) is 11.4. The molecule has 1 aromatic heterocycles. The molecule has 3 heteroatoms. The summed E-state index contributed by atoms with van der Waals surface area (Å²) in [5.41, 5.74) is 1.14. The second-order valence-electron chi connectivity index (χ2n) is 4.61. The van der Waals surface area contributed by atoms with Gasteiger partial charge in [-0.15, -0.1) is 0 Å². The fourth-order valence-corrected chi connectivity index (χ4v) is 2.14. The maximum absolute atomic E-state index is 4.69. The fraction of sp³-hybridized carbons (Fsp3) is 0.615. The molecule has 0 saturated carbocycles. The molecule has 3 nitrogen and oxygen atoms in total. The third-order valence-corrected chi connectivity index (χ3v) is 3.10. The van der Waals surface area contributed by atoms with Gasteiger partial charge in [0.15, 0.2) is 0 Å². The molecule has 1 fully saturated rings. The van der Waals surface area contributed by atoms with Crippen molar-refractivity contribution in [2.75, 3.05) is 24.5 Å². The highest BCUT2D eigenvalue weighted by molar-refractivity contribution is 5.40. The van der Waals surface area contributed by atoms with Crippen LogP contribution in [0, 0.1) is 5.92 Å². The predicted molar refractivity (Wildman–Crippen MR) is 67.6 cm³/mol. The van der Waals surface area contributed by atoms with E-state index in [0.717, 1.165) is 43.6 Å². The summed E-state index contributed by atoms with van der Waals surface area (Å²) < 4.78 is 0. The summed E-state index contributed by atoms with van der Waals surface area (Å²) in [4.78, 5) is 7.08. The van der Waals surface area contributed by atoms with Crippen LogP contribution in [0.3, 0.4) is 0 Å². The molecule has 2 rings (SSSR count). The van der Waals surface area contributed by atoms with Gasteiger partial charge in [0.2, 0.25) is 0 Å². The van der Waals surface area contributed by atoms with Crippen LogP contribution in [0.1, 0.15) is 26.0 Å².